The maximum atomic E-state index is 13.0. The van der Waals surface area contributed by atoms with Gasteiger partial charge in [0.2, 0.25) is 0 Å². The normalized spacial score (nSPS) is 14.5. The van der Waals surface area contributed by atoms with Crippen molar-refractivity contribution in [3.63, 3.8) is 0 Å². The van der Waals surface area contributed by atoms with Crippen LogP contribution in [0, 0.1) is 6.92 Å². The van der Waals surface area contributed by atoms with Gasteiger partial charge in [-0.3, -0.25) is 9.69 Å². The number of imidazole rings is 1. The second kappa shape index (κ2) is 9.82. The van der Waals surface area contributed by atoms with E-state index in [2.05, 4.69) is 14.9 Å². The Labute approximate surface area is 187 Å². The van der Waals surface area contributed by atoms with E-state index >= 15 is 0 Å². The highest BCUT2D eigenvalue weighted by Crippen LogP contribution is 2.18. The molecule has 0 bridgehead atoms. The summed E-state index contributed by atoms with van der Waals surface area (Å²) in [7, 11) is 0. The van der Waals surface area contributed by atoms with Gasteiger partial charge < -0.3 is 19.4 Å². The number of H-pyrrole nitrogens is 1. The third kappa shape index (κ3) is 5.26. The fourth-order valence-corrected chi connectivity index (χ4v) is 3.90. The molecule has 8 heteroatoms. The summed E-state index contributed by atoms with van der Waals surface area (Å²) in [5.41, 5.74) is 3.54. The van der Waals surface area contributed by atoms with Crippen molar-refractivity contribution >= 4 is 22.9 Å². The van der Waals surface area contributed by atoms with Gasteiger partial charge in [0.1, 0.15) is 11.6 Å². The molecule has 1 aliphatic heterocycles. The van der Waals surface area contributed by atoms with Gasteiger partial charge in [-0.25, -0.2) is 9.78 Å². The number of hydrogen-bond donors (Lipinski definition) is 1. The fraction of sp³-hybridized carbons (Fsp3) is 0.375. The van der Waals surface area contributed by atoms with E-state index < -0.39 is 0 Å². The van der Waals surface area contributed by atoms with Crippen LogP contribution in [-0.2, 0) is 16.1 Å². The molecule has 0 unspecified atom stereocenters. The number of carbonyl (C=O) groups is 2. The summed E-state index contributed by atoms with van der Waals surface area (Å²) in [6, 6.07) is 13.3. The lowest BCUT2D eigenvalue weighted by molar-refractivity contribution is -0.145. The number of nitrogens with zero attached hydrogens (tertiary/aromatic N) is 3. The summed E-state index contributed by atoms with van der Waals surface area (Å²) in [6.07, 6.45) is 0. The number of carbonyl (C=O) groups excluding carboxylic acids is 2. The first kappa shape index (κ1) is 21.8. The number of fused-ring (bicyclic) bond motifs is 1. The van der Waals surface area contributed by atoms with Crippen molar-refractivity contribution in [2.75, 3.05) is 39.4 Å². The van der Waals surface area contributed by atoms with Crippen molar-refractivity contribution in [2.24, 2.45) is 0 Å². The minimum atomic E-state index is -0.375. The molecule has 3 aromatic rings. The molecule has 4 rings (SSSR count). The lowest BCUT2D eigenvalue weighted by atomic mass is 10.1. The molecule has 0 spiro atoms. The summed E-state index contributed by atoms with van der Waals surface area (Å²) in [6.45, 7) is 7.63. The molecule has 2 heterocycles. The van der Waals surface area contributed by atoms with Crippen LogP contribution in [0.25, 0.3) is 11.0 Å². The number of rotatable bonds is 7. The summed E-state index contributed by atoms with van der Waals surface area (Å²) in [4.78, 5) is 36.2. The van der Waals surface area contributed by atoms with E-state index in [0.29, 0.717) is 31.0 Å². The van der Waals surface area contributed by atoms with Crippen LogP contribution in [0.4, 0.5) is 0 Å². The van der Waals surface area contributed by atoms with Gasteiger partial charge in [-0.05, 0) is 49.7 Å². The summed E-state index contributed by atoms with van der Waals surface area (Å²) < 4.78 is 10.4. The van der Waals surface area contributed by atoms with E-state index in [9.17, 15) is 9.59 Å². The van der Waals surface area contributed by atoms with Crippen LogP contribution >= 0.6 is 0 Å². The Kier molecular flexibility index (Phi) is 6.70. The van der Waals surface area contributed by atoms with E-state index in [1.807, 2.05) is 54.3 Å². The average Bonchev–Trinajstić information content (AvgIpc) is 3.17. The summed E-state index contributed by atoms with van der Waals surface area (Å²) in [5.74, 6) is 1.16. The van der Waals surface area contributed by atoms with E-state index in [4.69, 9.17) is 9.47 Å². The maximum absolute atomic E-state index is 13.0. The van der Waals surface area contributed by atoms with E-state index in [-0.39, 0.29) is 18.5 Å². The molecule has 1 N–H and O–H groups in total. The maximum Gasteiger partial charge on any atom is 0.344 e. The number of amides is 1. The highest BCUT2D eigenvalue weighted by molar-refractivity contribution is 5.97. The van der Waals surface area contributed by atoms with Gasteiger partial charge in [0.05, 0.1) is 17.6 Å². The zero-order chi connectivity index (χ0) is 22.5. The Morgan fingerprint density at radius 3 is 2.69 bits per heavy atom. The fourth-order valence-electron chi connectivity index (χ4n) is 3.90. The molecule has 0 saturated carbocycles. The Morgan fingerprint density at radius 1 is 1.09 bits per heavy atom. The summed E-state index contributed by atoms with van der Waals surface area (Å²) >= 11 is 0. The van der Waals surface area contributed by atoms with Crippen molar-refractivity contribution in [3.05, 3.63) is 59.4 Å². The third-order valence-electron chi connectivity index (χ3n) is 5.47. The van der Waals surface area contributed by atoms with Crippen molar-refractivity contribution in [2.45, 2.75) is 20.4 Å². The monoisotopic (exact) mass is 436 g/mol. The standard InChI is InChI=1S/C24H28N4O4/c1-3-31-23(29)16-32-20-6-4-5-18(13-20)15-27-9-11-28(12-10-27)24(30)19-7-8-21-22(14-19)26-17(2)25-21/h4-8,13-14H,3,9-12,15-16H2,1-2H3,(H,25,26). The number of esters is 1. The molecule has 32 heavy (non-hydrogen) atoms. The van der Waals surface area contributed by atoms with Crippen LogP contribution in [0.5, 0.6) is 5.75 Å². The molecule has 1 fully saturated rings. The minimum Gasteiger partial charge on any atom is -0.482 e. The molecule has 0 atom stereocenters. The van der Waals surface area contributed by atoms with E-state index in [0.717, 1.165) is 42.1 Å². The van der Waals surface area contributed by atoms with Gasteiger partial charge in [0, 0.05) is 38.3 Å². The first-order chi connectivity index (χ1) is 15.5. The molecule has 1 aromatic heterocycles. The Morgan fingerprint density at radius 2 is 1.91 bits per heavy atom. The quantitative estimate of drug-likeness (QED) is 0.573. The largest absolute Gasteiger partial charge is 0.482 e. The van der Waals surface area contributed by atoms with Gasteiger partial charge in [-0.15, -0.1) is 0 Å². The lowest BCUT2D eigenvalue weighted by Gasteiger charge is -2.34. The zero-order valence-electron chi connectivity index (χ0n) is 18.5. The van der Waals surface area contributed by atoms with Crippen molar-refractivity contribution in [3.8, 4) is 5.75 Å². The zero-order valence-corrected chi connectivity index (χ0v) is 18.5. The molecule has 1 aliphatic rings. The predicted octanol–water partition coefficient (Wildman–Crippen LogP) is 2.77. The third-order valence-corrected chi connectivity index (χ3v) is 5.47. The highest BCUT2D eigenvalue weighted by Gasteiger charge is 2.22. The summed E-state index contributed by atoms with van der Waals surface area (Å²) in [5, 5.41) is 0. The Bertz CT molecular complexity index is 1100. The molecular weight excluding hydrogens is 408 g/mol. The van der Waals surface area contributed by atoms with E-state index in [1.165, 1.54) is 0 Å². The number of hydrogen-bond acceptors (Lipinski definition) is 6. The number of aryl methyl sites for hydroxylation is 1. The van der Waals surface area contributed by atoms with Crippen molar-refractivity contribution in [1.82, 2.24) is 19.8 Å². The number of aromatic amines is 1. The van der Waals surface area contributed by atoms with Crippen LogP contribution in [-0.4, -0.2) is 71.0 Å². The first-order valence-electron chi connectivity index (χ1n) is 10.9. The molecule has 1 amide bonds. The highest BCUT2D eigenvalue weighted by atomic mass is 16.6. The lowest BCUT2D eigenvalue weighted by Crippen LogP contribution is -2.48. The molecule has 1 saturated heterocycles. The number of piperazine rings is 1. The van der Waals surface area contributed by atoms with Crippen LogP contribution in [0.1, 0.15) is 28.7 Å². The van der Waals surface area contributed by atoms with Crippen LogP contribution < -0.4 is 4.74 Å². The Hall–Kier alpha value is -3.39. The molecule has 168 valence electrons. The number of aromatic nitrogens is 2. The molecule has 2 aromatic carbocycles. The smallest absolute Gasteiger partial charge is 0.344 e. The van der Waals surface area contributed by atoms with Gasteiger partial charge in [0.15, 0.2) is 6.61 Å². The number of benzene rings is 2. The minimum absolute atomic E-state index is 0.0492. The first-order valence-corrected chi connectivity index (χ1v) is 10.9. The van der Waals surface area contributed by atoms with E-state index in [1.54, 1.807) is 6.92 Å². The second-order valence-electron chi connectivity index (χ2n) is 7.86. The van der Waals surface area contributed by atoms with Gasteiger partial charge >= 0.3 is 5.97 Å². The number of nitrogens with one attached hydrogen (secondary N) is 1. The SMILES string of the molecule is CCOC(=O)COc1cccc(CN2CCN(C(=O)c3ccc4nc(C)[nH]c4c3)CC2)c1. The molecule has 0 aliphatic carbocycles. The van der Waals surface area contributed by atoms with Crippen molar-refractivity contribution in [1.29, 1.82) is 0 Å². The van der Waals surface area contributed by atoms with Crippen LogP contribution in [0.15, 0.2) is 42.5 Å². The average molecular weight is 437 g/mol. The van der Waals surface area contributed by atoms with Crippen molar-refractivity contribution < 1.29 is 19.1 Å². The molecule has 0 radical (unpaired) electrons. The molecular formula is C24H28N4O4. The van der Waals surface area contributed by atoms with Gasteiger partial charge in [-0.2, -0.15) is 0 Å². The number of ether oxygens (including phenoxy) is 2. The topological polar surface area (TPSA) is 87.8 Å². The van der Waals surface area contributed by atoms with Gasteiger partial charge in [-0.1, -0.05) is 12.1 Å². The molecule has 8 nitrogen and oxygen atoms in total. The van der Waals surface area contributed by atoms with Crippen LogP contribution in [0.3, 0.4) is 0 Å². The predicted molar refractivity (Wildman–Crippen MR) is 121 cm³/mol. The second-order valence-corrected chi connectivity index (χ2v) is 7.86. The van der Waals surface area contributed by atoms with Crippen LogP contribution in [0.2, 0.25) is 0 Å². The van der Waals surface area contributed by atoms with Gasteiger partial charge in [0.25, 0.3) is 5.91 Å². The Balaban J connectivity index is 1.30.